The van der Waals surface area contributed by atoms with Crippen molar-refractivity contribution >= 4 is 41.4 Å². The minimum Gasteiger partial charge on any atom is -0.315 e. The van der Waals surface area contributed by atoms with Crippen LogP contribution in [0.25, 0.3) is 0 Å². The van der Waals surface area contributed by atoms with Gasteiger partial charge in [0.25, 0.3) is 0 Å². The molecule has 0 aliphatic heterocycles. The summed E-state index contributed by atoms with van der Waals surface area (Å²) in [5, 5.41) is 3.80. The van der Waals surface area contributed by atoms with Gasteiger partial charge >= 0.3 is 24.9 Å². The Balaban J connectivity index is 6.13. The van der Waals surface area contributed by atoms with Crippen molar-refractivity contribution in [3.8, 4) is 0 Å². The molecule has 5 nitrogen and oxygen atoms in total. The Morgan fingerprint density at radius 1 is 0.769 bits per heavy atom. The molecule has 0 spiro atoms. The van der Waals surface area contributed by atoms with Crippen LogP contribution in [-0.2, 0) is 4.52 Å². The lowest BCUT2D eigenvalue weighted by molar-refractivity contribution is -0.326. The molecule has 1 N–H and O–H groups in total. The van der Waals surface area contributed by atoms with Crippen molar-refractivity contribution in [2.24, 2.45) is 4.88 Å². The highest BCUT2D eigenvalue weighted by molar-refractivity contribution is 7.48. The van der Waals surface area contributed by atoms with Crippen LogP contribution in [0.1, 0.15) is 20.8 Å². The summed E-state index contributed by atoms with van der Waals surface area (Å²) in [7, 11) is -7.34. The number of nitrogens with one attached hydrogen (secondary N) is 1. The van der Waals surface area contributed by atoms with Crippen LogP contribution in [0.5, 0.6) is 0 Å². The Kier molecular flexibility index (Phi) is 8.91. The maximum Gasteiger partial charge on any atom is 0.352 e. The fourth-order valence-corrected chi connectivity index (χ4v) is 25.7. The van der Waals surface area contributed by atoms with Gasteiger partial charge < -0.3 is 4.52 Å². The fourth-order valence-electron chi connectivity index (χ4n) is 3.07. The van der Waals surface area contributed by atoms with Gasteiger partial charge in [0.15, 0.2) is 0 Å². The van der Waals surface area contributed by atoms with Crippen molar-refractivity contribution in [3.63, 3.8) is 0 Å². The average Bonchev–Trinajstić information content (AvgIpc) is 2.24. The van der Waals surface area contributed by atoms with E-state index in [1.165, 1.54) is 0 Å². The molecule has 10 heteroatoms. The average molecular weight is 454 g/mol. The molecule has 0 amide bonds. The third-order valence-electron chi connectivity index (χ3n) is 3.33. The third-order valence-corrected chi connectivity index (χ3v) is 19.2. The van der Waals surface area contributed by atoms with Gasteiger partial charge in [-0.2, -0.15) is 5.20 Å². The molecular weight excluding hydrogens is 408 g/mol. The van der Waals surface area contributed by atoms with E-state index in [0.29, 0.717) is 0 Å². The number of hydrazine groups is 1. The summed E-state index contributed by atoms with van der Waals surface area (Å²) in [6, 6.07) is 0. The molecule has 156 valence electrons. The summed E-state index contributed by atoms with van der Waals surface area (Å²) >= 11 is 0. The molecule has 0 radical (unpaired) electrons. The van der Waals surface area contributed by atoms with Crippen LogP contribution in [-0.4, -0.2) is 46.9 Å². The van der Waals surface area contributed by atoms with E-state index >= 15 is 0 Å². The predicted molar refractivity (Wildman–Crippen MR) is 129 cm³/mol. The van der Waals surface area contributed by atoms with E-state index in [-0.39, 0.29) is 5.60 Å². The van der Waals surface area contributed by atoms with E-state index in [2.05, 4.69) is 113 Å². The van der Waals surface area contributed by atoms with Gasteiger partial charge in [-0.3, -0.25) is 8.37 Å². The van der Waals surface area contributed by atoms with Gasteiger partial charge in [-0.1, -0.05) is 39.3 Å². The minimum absolute atomic E-state index is 0.225. The zero-order chi connectivity index (χ0) is 21.4. The van der Waals surface area contributed by atoms with Crippen LogP contribution >= 0.6 is 8.45 Å². The molecule has 0 aromatic rings. The lowest BCUT2D eigenvalue weighted by atomic mass is 10.2. The quantitative estimate of drug-likeness (QED) is 0.194. The summed E-state index contributed by atoms with van der Waals surface area (Å²) in [4.78, 5) is 5.26. The van der Waals surface area contributed by atoms with Crippen LogP contribution in [0.2, 0.25) is 78.6 Å². The molecule has 1 atom stereocenters. The Hall–Kier alpha value is 0.778. The molecule has 0 aliphatic carbocycles. The highest BCUT2D eigenvalue weighted by Gasteiger charge is 2.45. The van der Waals surface area contributed by atoms with Crippen molar-refractivity contribution in [2.45, 2.75) is 105 Å². The predicted octanol–water partition coefficient (Wildman–Crippen LogP) is 6.64. The molecule has 0 aliphatic rings. The van der Waals surface area contributed by atoms with E-state index in [0.717, 1.165) is 0 Å². The van der Waals surface area contributed by atoms with E-state index in [4.69, 9.17) is 9.41 Å². The van der Waals surface area contributed by atoms with Gasteiger partial charge in [-0.05, 0) is 64.9 Å². The smallest absolute Gasteiger partial charge is 0.315 e. The molecular formula is C16H46N4OPSi4+. The molecule has 0 bridgehead atoms. The van der Waals surface area contributed by atoms with Gasteiger partial charge in [0, 0.05) is 0 Å². The standard InChI is InChI=1S/C16H46N4OPSi4/c1-16(2,3)21-22(17-19(23(4,5)6)24(7,8)9)18-20(25(10,11)12)26(13,14)15/h17H,1-15H3/q+1. The molecule has 0 aromatic carbocycles. The first-order chi connectivity index (χ1) is 11.0. The van der Waals surface area contributed by atoms with Crippen molar-refractivity contribution in [1.29, 1.82) is 0 Å². The monoisotopic (exact) mass is 453 g/mol. The molecule has 26 heavy (non-hydrogen) atoms. The second-order valence-electron chi connectivity index (χ2n) is 12.0. The molecule has 0 saturated carbocycles. The second kappa shape index (κ2) is 8.65. The summed E-state index contributed by atoms with van der Waals surface area (Å²) < 4.78 is 11.5. The normalized spacial score (nSPS) is 16.0. The lowest BCUT2D eigenvalue weighted by Crippen LogP contribution is -2.64. The first kappa shape index (κ1) is 26.8. The van der Waals surface area contributed by atoms with Crippen LogP contribution < -0.4 is 5.20 Å². The largest absolute Gasteiger partial charge is 0.352 e. The van der Waals surface area contributed by atoms with Crippen molar-refractivity contribution < 1.29 is 8.55 Å². The summed E-state index contributed by atoms with van der Waals surface area (Å²) in [5.41, 5.74) is -0.225. The van der Waals surface area contributed by atoms with Crippen LogP contribution in [0.3, 0.4) is 0 Å². The number of hydrogen-bond donors (Lipinski definition) is 1. The van der Waals surface area contributed by atoms with E-state index in [9.17, 15) is 0 Å². The van der Waals surface area contributed by atoms with E-state index in [1.54, 1.807) is 0 Å². The van der Waals surface area contributed by atoms with Crippen molar-refractivity contribution in [2.75, 3.05) is 0 Å². The van der Waals surface area contributed by atoms with Crippen LogP contribution in [0.15, 0.2) is 4.88 Å². The van der Waals surface area contributed by atoms with Crippen molar-refractivity contribution in [1.82, 2.24) is 9.54 Å². The van der Waals surface area contributed by atoms with Gasteiger partial charge in [0.2, 0.25) is 0 Å². The first-order valence-corrected chi connectivity index (χ1v) is 24.6. The van der Waals surface area contributed by atoms with Crippen molar-refractivity contribution in [3.05, 3.63) is 0 Å². The van der Waals surface area contributed by atoms with Gasteiger partial charge in [0.1, 0.15) is 16.5 Å². The zero-order valence-corrected chi connectivity index (χ0v) is 25.1. The maximum atomic E-state index is 6.47. The highest BCUT2D eigenvalue weighted by atomic mass is 31.2. The molecule has 0 saturated heterocycles. The summed E-state index contributed by atoms with van der Waals surface area (Å²) in [5.74, 6) is 0. The SMILES string of the molecule is CC(C)(C)OP(N=[N+]([Si](C)(C)C)[Si](C)(C)C)NN([Si](C)(C)C)[Si](C)(C)C. The molecule has 1 unspecified atom stereocenters. The topological polar surface area (TPSA) is 39.9 Å². The minimum atomic E-state index is -1.57. The van der Waals surface area contributed by atoms with Gasteiger partial charge in [0.05, 0.1) is 5.60 Å². The van der Waals surface area contributed by atoms with Crippen LogP contribution in [0, 0.1) is 0 Å². The molecule has 0 rings (SSSR count). The molecule has 0 heterocycles. The zero-order valence-electron chi connectivity index (χ0n) is 20.2. The Morgan fingerprint density at radius 3 is 1.35 bits per heavy atom. The Labute approximate surface area is 169 Å². The summed E-state index contributed by atoms with van der Waals surface area (Å²) in [6.45, 7) is 35.1. The van der Waals surface area contributed by atoms with E-state index < -0.39 is 41.4 Å². The highest BCUT2D eigenvalue weighted by Crippen LogP contribution is 2.42. The molecule has 0 aromatic heterocycles. The van der Waals surface area contributed by atoms with E-state index in [1.807, 2.05) is 0 Å². The fraction of sp³-hybridized carbons (Fsp3) is 1.00. The second-order valence-corrected chi connectivity index (χ2v) is 33.1. The number of nitrogens with zero attached hydrogens (tertiary/aromatic N) is 3. The number of hydrogen-bond acceptors (Lipinski definition) is 4. The van der Waals surface area contributed by atoms with Gasteiger partial charge in [-0.15, -0.1) is 0 Å². The first-order valence-electron chi connectivity index (χ1n) is 9.63. The molecule has 0 fully saturated rings. The van der Waals surface area contributed by atoms with Crippen LogP contribution in [0.4, 0.5) is 0 Å². The maximum absolute atomic E-state index is 6.47. The number of rotatable bonds is 8. The Morgan fingerprint density at radius 2 is 1.12 bits per heavy atom. The lowest BCUT2D eigenvalue weighted by Gasteiger charge is -2.44. The van der Waals surface area contributed by atoms with Gasteiger partial charge in [-0.25, -0.2) is 0 Å². The third kappa shape index (κ3) is 9.82. The Bertz CT molecular complexity index is 467. The summed E-state index contributed by atoms with van der Waals surface area (Å²) in [6.07, 6.45) is 0.